The summed E-state index contributed by atoms with van der Waals surface area (Å²) in [4.78, 5) is 12.4. The molecule has 5 nitrogen and oxygen atoms in total. The van der Waals surface area contributed by atoms with E-state index >= 15 is 0 Å². The summed E-state index contributed by atoms with van der Waals surface area (Å²) in [5, 5.41) is 2.98. The lowest BCUT2D eigenvalue weighted by molar-refractivity contribution is 0.0936. The first-order valence-corrected chi connectivity index (χ1v) is 7.52. The van der Waals surface area contributed by atoms with Crippen molar-refractivity contribution in [2.75, 3.05) is 20.3 Å². The smallest absolute Gasteiger partial charge is 0.255 e. The first-order valence-electron chi connectivity index (χ1n) is 7.52. The molecule has 0 saturated carbocycles. The van der Waals surface area contributed by atoms with Crippen molar-refractivity contribution in [1.29, 1.82) is 0 Å². The molecule has 3 rings (SSSR count). The molecule has 1 aliphatic heterocycles. The van der Waals surface area contributed by atoms with Crippen LogP contribution in [0.4, 0.5) is 0 Å². The predicted molar refractivity (Wildman–Crippen MR) is 86.3 cm³/mol. The number of hydrogen-bond donors (Lipinski definition) is 1. The van der Waals surface area contributed by atoms with E-state index in [4.69, 9.17) is 14.2 Å². The third kappa shape index (κ3) is 3.23. The molecule has 5 heteroatoms. The Hall–Kier alpha value is -2.69. The van der Waals surface area contributed by atoms with Gasteiger partial charge in [0, 0.05) is 0 Å². The Morgan fingerprint density at radius 2 is 1.87 bits per heavy atom. The Bertz CT molecular complexity index is 714. The number of fused-ring (bicyclic) bond motifs is 1. The predicted octanol–water partition coefficient (Wildman–Crippen LogP) is 2.96. The summed E-state index contributed by atoms with van der Waals surface area (Å²) in [5.74, 6) is 1.83. The van der Waals surface area contributed by atoms with Gasteiger partial charge in [-0.3, -0.25) is 4.79 Å². The molecular weight excluding hydrogens is 294 g/mol. The summed E-state index contributed by atoms with van der Waals surface area (Å²) in [6.07, 6.45) is 0. The molecule has 0 aromatic heterocycles. The fourth-order valence-electron chi connectivity index (χ4n) is 2.52. The second-order valence-electron chi connectivity index (χ2n) is 5.30. The Kier molecular flexibility index (Phi) is 4.37. The average molecular weight is 313 g/mol. The maximum Gasteiger partial charge on any atom is 0.255 e. The van der Waals surface area contributed by atoms with Crippen LogP contribution in [-0.2, 0) is 0 Å². The van der Waals surface area contributed by atoms with Gasteiger partial charge in [0.2, 0.25) is 0 Å². The van der Waals surface area contributed by atoms with Gasteiger partial charge >= 0.3 is 0 Å². The number of methoxy groups -OCH3 is 1. The standard InChI is InChI=1S/C18H19NO4/c1-12(13-7-8-16-17(11-13)23-10-9-22-16)19-18(20)14-5-3-4-6-15(14)21-2/h3-8,11-12H,9-10H2,1-2H3,(H,19,20)/t12-/m1/s1. The van der Waals surface area contributed by atoms with E-state index in [0.29, 0.717) is 30.3 Å². The number of nitrogens with one attached hydrogen (secondary N) is 1. The van der Waals surface area contributed by atoms with Gasteiger partial charge in [0.15, 0.2) is 11.5 Å². The van der Waals surface area contributed by atoms with Crippen LogP contribution >= 0.6 is 0 Å². The highest BCUT2D eigenvalue weighted by Gasteiger charge is 2.18. The van der Waals surface area contributed by atoms with Crippen LogP contribution in [0.3, 0.4) is 0 Å². The lowest BCUT2D eigenvalue weighted by atomic mass is 10.1. The Balaban J connectivity index is 1.76. The van der Waals surface area contributed by atoms with Crippen LogP contribution in [0.15, 0.2) is 42.5 Å². The van der Waals surface area contributed by atoms with E-state index in [1.165, 1.54) is 0 Å². The molecule has 2 aromatic carbocycles. The van der Waals surface area contributed by atoms with Gasteiger partial charge < -0.3 is 19.5 Å². The van der Waals surface area contributed by atoms with E-state index in [2.05, 4.69) is 5.32 Å². The average Bonchev–Trinajstić information content (AvgIpc) is 2.61. The third-order valence-electron chi connectivity index (χ3n) is 3.77. The first-order chi connectivity index (χ1) is 11.2. The van der Waals surface area contributed by atoms with Crippen molar-refractivity contribution in [3.8, 4) is 17.2 Å². The van der Waals surface area contributed by atoms with Crippen molar-refractivity contribution in [3.63, 3.8) is 0 Å². The summed E-state index contributed by atoms with van der Waals surface area (Å²) >= 11 is 0. The molecule has 0 spiro atoms. The lowest BCUT2D eigenvalue weighted by Gasteiger charge is -2.21. The topological polar surface area (TPSA) is 56.8 Å². The van der Waals surface area contributed by atoms with Gasteiger partial charge in [0.05, 0.1) is 18.7 Å². The number of benzene rings is 2. The second-order valence-corrected chi connectivity index (χ2v) is 5.30. The fraction of sp³-hybridized carbons (Fsp3) is 0.278. The van der Waals surface area contributed by atoms with Crippen molar-refractivity contribution in [3.05, 3.63) is 53.6 Å². The van der Waals surface area contributed by atoms with Crippen LogP contribution in [-0.4, -0.2) is 26.2 Å². The van der Waals surface area contributed by atoms with E-state index in [0.717, 1.165) is 11.3 Å². The van der Waals surface area contributed by atoms with Crippen LogP contribution < -0.4 is 19.5 Å². The molecule has 0 bridgehead atoms. The molecule has 0 radical (unpaired) electrons. The summed E-state index contributed by atoms with van der Waals surface area (Å²) < 4.78 is 16.3. The number of rotatable bonds is 4. The Morgan fingerprint density at radius 1 is 1.13 bits per heavy atom. The summed E-state index contributed by atoms with van der Waals surface area (Å²) in [7, 11) is 1.55. The Morgan fingerprint density at radius 3 is 2.65 bits per heavy atom. The van der Waals surface area contributed by atoms with Gasteiger partial charge in [-0.15, -0.1) is 0 Å². The minimum atomic E-state index is -0.176. The van der Waals surface area contributed by atoms with E-state index in [-0.39, 0.29) is 11.9 Å². The van der Waals surface area contributed by atoms with Crippen molar-refractivity contribution in [2.24, 2.45) is 0 Å². The van der Waals surface area contributed by atoms with E-state index in [1.807, 2.05) is 37.3 Å². The van der Waals surface area contributed by atoms with Gasteiger partial charge in [0.25, 0.3) is 5.91 Å². The lowest BCUT2D eigenvalue weighted by Crippen LogP contribution is -2.27. The van der Waals surface area contributed by atoms with Crippen LogP contribution in [0, 0.1) is 0 Å². The van der Waals surface area contributed by atoms with Crippen molar-refractivity contribution in [1.82, 2.24) is 5.32 Å². The largest absolute Gasteiger partial charge is 0.496 e. The van der Waals surface area contributed by atoms with Crippen molar-refractivity contribution >= 4 is 5.91 Å². The minimum absolute atomic E-state index is 0.164. The monoisotopic (exact) mass is 313 g/mol. The molecule has 1 atom stereocenters. The van der Waals surface area contributed by atoms with Gasteiger partial charge in [-0.25, -0.2) is 0 Å². The number of amides is 1. The molecule has 0 aliphatic carbocycles. The van der Waals surface area contributed by atoms with E-state index < -0.39 is 0 Å². The molecule has 1 N–H and O–H groups in total. The normalized spacial score (nSPS) is 14.0. The number of carbonyl (C=O) groups is 1. The SMILES string of the molecule is COc1ccccc1C(=O)N[C@H](C)c1ccc2c(c1)OCCO2. The van der Waals surface area contributed by atoms with Gasteiger partial charge in [-0.05, 0) is 36.8 Å². The maximum atomic E-state index is 12.4. The number of carbonyl (C=O) groups excluding carboxylic acids is 1. The van der Waals surface area contributed by atoms with E-state index in [1.54, 1.807) is 19.2 Å². The van der Waals surface area contributed by atoms with Gasteiger partial charge in [-0.2, -0.15) is 0 Å². The summed E-state index contributed by atoms with van der Waals surface area (Å²) in [6, 6.07) is 12.7. The number of ether oxygens (including phenoxy) is 3. The van der Waals surface area contributed by atoms with Crippen molar-refractivity contribution in [2.45, 2.75) is 13.0 Å². The van der Waals surface area contributed by atoms with Crippen LogP contribution in [0.2, 0.25) is 0 Å². The molecule has 1 aliphatic rings. The maximum absolute atomic E-state index is 12.4. The van der Waals surface area contributed by atoms with Gasteiger partial charge in [0.1, 0.15) is 19.0 Å². The highest BCUT2D eigenvalue weighted by molar-refractivity contribution is 5.97. The zero-order chi connectivity index (χ0) is 16.2. The molecule has 0 fully saturated rings. The van der Waals surface area contributed by atoms with Gasteiger partial charge in [-0.1, -0.05) is 18.2 Å². The number of hydrogen-bond acceptors (Lipinski definition) is 4. The van der Waals surface area contributed by atoms with Crippen LogP contribution in [0.25, 0.3) is 0 Å². The molecular formula is C18H19NO4. The Labute approximate surface area is 135 Å². The molecule has 1 amide bonds. The molecule has 120 valence electrons. The second kappa shape index (κ2) is 6.60. The highest BCUT2D eigenvalue weighted by Crippen LogP contribution is 2.32. The van der Waals surface area contributed by atoms with E-state index in [9.17, 15) is 4.79 Å². The van der Waals surface area contributed by atoms with Crippen LogP contribution in [0.5, 0.6) is 17.2 Å². The van der Waals surface area contributed by atoms with Crippen LogP contribution in [0.1, 0.15) is 28.9 Å². The molecule has 23 heavy (non-hydrogen) atoms. The quantitative estimate of drug-likeness (QED) is 0.943. The molecule has 0 unspecified atom stereocenters. The summed E-state index contributed by atoms with van der Waals surface area (Å²) in [6.45, 7) is 3.03. The fourth-order valence-corrected chi connectivity index (χ4v) is 2.52. The molecule has 1 heterocycles. The highest BCUT2D eigenvalue weighted by atomic mass is 16.6. The zero-order valence-electron chi connectivity index (χ0n) is 13.2. The minimum Gasteiger partial charge on any atom is -0.496 e. The zero-order valence-corrected chi connectivity index (χ0v) is 13.2. The summed E-state index contributed by atoms with van der Waals surface area (Å²) in [5.41, 5.74) is 1.47. The molecule has 2 aromatic rings. The first kappa shape index (κ1) is 15.2. The number of para-hydroxylation sites is 1. The van der Waals surface area contributed by atoms with Crippen molar-refractivity contribution < 1.29 is 19.0 Å². The third-order valence-corrected chi connectivity index (χ3v) is 3.77. The molecule has 0 saturated heterocycles.